The number of carbonyl (C=O) groups is 1. The van der Waals surface area contributed by atoms with Gasteiger partial charge >= 0.3 is 0 Å². The van der Waals surface area contributed by atoms with E-state index in [1.807, 2.05) is 0 Å². The second-order valence-electron chi connectivity index (χ2n) is 5.57. The van der Waals surface area contributed by atoms with Gasteiger partial charge in [-0.2, -0.15) is 0 Å². The van der Waals surface area contributed by atoms with Gasteiger partial charge in [0, 0.05) is 6.04 Å². The van der Waals surface area contributed by atoms with Crippen LogP contribution in [0.3, 0.4) is 0 Å². The zero-order valence-electron chi connectivity index (χ0n) is 12.4. The second kappa shape index (κ2) is 7.00. The van der Waals surface area contributed by atoms with Crippen LogP contribution in [0.2, 0.25) is 0 Å². The third-order valence-electron chi connectivity index (χ3n) is 3.92. The van der Waals surface area contributed by atoms with Gasteiger partial charge in [0.2, 0.25) is 5.91 Å². The molecule has 0 aliphatic heterocycles. The molecule has 2 atom stereocenters. The van der Waals surface area contributed by atoms with Crippen LogP contribution in [0.5, 0.6) is 0 Å². The van der Waals surface area contributed by atoms with Gasteiger partial charge < -0.3 is 14.2 Å². The molecule has 0 aromatic carbocycles. The number of thioether (sulfide) groups is 1. The van der Waals surface area contributed by atoms with Crippen LogP contribution in [-0.2, 0) is 4.79 Å². The van der Waals surface area contributed by atoms with E-state index in [1.165, 1.54) is 31.0 Å². The van der Waals surface area contributed by atoms with E-state index >= 15 is 0 Å². The minimum atomic E-state index is 0.0153. The van der Waals surface area contributed by atoms with Gasteiger partial charge in [0.15, 0.2) is 5.76 Å². The highest BCUT2D eigenvalue weighted by Crippen LogP contribution is 2.25. The summed E-state index contributed by atoms with van der Waals surface area (Å²) < 4.78 is 10.6. The molecule has 1 aliphatic carbocycles. The molecule has 2 aromatic heterocycles. The van der Waals surface area contributed by atoms with E-state index in [4.69, 9.17) is 8.83 Å². The van der Waals surface area contributed by atoms with Gasteiger partial charge in [-0.1, -0.05) is 31.5 Å². The highest BCUT2D eigenvalue weighted by Gasteiger charge is 2.23. The molecule has 0 bridgehead atoms. The first kappa shape index (κ1) is 15.1. The van der Waals surface area contributed by atoms with Gasteiger partial charge in [0.1, 0.15) is 0 Å². The van der Waals surface area contributed by atoms with Crippen molar-refractivity contribution < 1.29 is 13.6 Å². The number of carbonyl (C=O) groups excluding carboxylic acids is 1. The predicted molar refractivity (Wildman–Crippen MR) is 82.3 cm³/mol. The fourth-order valence-corrected chi connectivity index (χ4v) is 3.25. The largest absolute Gasteiger partial charge is 0.459 e. The number of nitrogens with zero attached hydrogens (tertiary/aromatic N) is 2. The fraction of sp³-hybridized carbons (Fsp3) is 0.533. The molecule has 1 N–H and O–H groups in total. The summed E-state index contributed by atoms with van der Waals surface area (Å²) in [4.78, 5) is 12.0. The average molecular weight is 321 g/mol. The first-order valence-electron chi connectivity index (χ1n) is 7.52. The van der Waals surface area contributed by atoms with E-state index in [0.29, 0.717) is 28.8 Å². The van der Waals surface area contributed by atoms with Crippen molar-refractivity contribution >= 4 is 17.7 Å². The van der Waals surface area contributed by atoms with Crippen LogP contribution < -0.4 is 5.32 Å². The maximum atomic E-state index is 12.0. The molecule has 6 nitrogen and oxygen atoms in total. The highest BCUT2D eigenvalue weighted by molar-refractivity contribution is 7.99. The van der Waals surface area contributed by atoms with E-state index < -0.39 is 0 Å². The normalized spacial score (nSPS) is 21.7. The minimum absolute atomic E-state index is 0.0153. The van der Waals surface area contributed by atoms with Crippen LogP contribution in [0.25, 0.3) is 11.7 Å². The van der Waals surface area contributed by atoms with Gasteiger partial charge in [-0.25, -0.2) is 0 Å². The number of furan rings is 1. The van der Waals surface area contributed by atoms with Gasteiger partial charge in [0.25, 0.3) is 11.1 Å². The molecule has 0 unspecified atom stereocenters. The quantitative estimate of drug-likeness (QED) is 0.852. The lowest BCUT2D eigenvalue weighted by molar-refractivity contribution is -0.119. The Morgan fingerprint density at radius 3 is 3.05 bits per heavy atom. The number of hydrogen-bond acceptors (Lipinski definition) is 6. The lowest BCUT2D eigenvalue weighted by Crippen LogP contribution is -2.41. The smallest absolute Gasteiger partial charge is 0.284 e. The first-order valence-corrected chi connectivity index (χ1v) is 8.50. The first-order chi connectivity index (χ1) is 10.7. The molecular formula is C15H19N3O3S. The lowest BCUT2D eigenvalue weighted by atomic mass is 9.86. The number of amides is 1. The molecule has 0 saturated heterocycles. The molecule has 7 heteroatoms. The van der Waals surface area contributed by atoms with Gasteiger partial charge in [-0.3, -0.25) is 4.79 Å². The molecule has 0 radical (unpaired) electrons. The number of rotatable bonds is 5. The maximum Gasteiger partial charge on any atom is 0.284 e. The Morgan fingerprint density at radius 1 is 1.41 bits per heavy atom. The summed E-state index contributed by atoms with van der Waals surface area (Å²) in [6.07, 6.45) is 6.26. The van der Waals surface area contributed by atoms with E-state index in [-0.39, 0.29) is 11.7 Å². The summed E-state index contributed by atoms with van der Waals surface area (Å²) in [5, 5.41) is 11.3. The van der Waals surface area contributed by atoms with Crippen LogP contribution >= 0.6 is 11.8 Å². The third kappa shape index (κ3) is 3.71. The molecule has 22 heavy (non-hydrogen) atoms. The Bertz CT molecular complexity index is 611. The predicted octanol–water partition coefficient (Wildman–Crippen LogP) is 3.12. The Hall–Kier alpha value is -1.76. The summed E-state index contributed by atoms with van der Waals surface area (Å²) in [7, 11) is 0. The SMILES string of the molecule is C[C@H]1CCCC[C@H]1NC(=O)CSc1nnc(-c2ccco2)o1. The van der Waals surface area contributed by atoms with Gasteiger partial charge in [0.05, 0.1) is 12.0 Å². The molecule has 2 aromatic rings. The van der Waals surface area contributed by atoms with Gasteiger partial charge in [-0.05, 0) is 30.9 Å². The number of nitrogens with one attached hydrogen (secondary N) is 1. The van der Waals surface area contributed by atoms with Crippen LogP contribution in [0, 0.1) is 5.92 Å². The van der Waals surface area contributed by atoms with Crippen molar-refractivity contribution in [3.8, 4) is 11.7 Å². The summed E-state index contributed by atoms with van der Waals surface area (Å²) >= 11 is 1.24. The summed E-state index contributed by atoms with van der Waals surface area (Å²) in [5.74, 6) is 1.70. The van der Waals surface area contributed by atoms with Crippen LogP contribution in [-0.4, -0.2) is 27.9 Å². The van der Waals surface area contributed by atoms with E-state index in [1.54, 1.807) is 18.4 Å². The topological polar surface area (TPSA) is 81.2 Å². The Labute approximate surface area is 133 Å². The zero-order chi connectivity index (χ0) is 15.4. The van der Waals surface area contributed by atoms with Crippen molar-refractivity contribution in [1.29, 1.82) is 0 Å². The Morgan fingerprint density at radius 2 is 2.27 bits per heavy atom. The molecule has 0 spiro atoms. The van der Waals surface area contributed by atoms with Crippen molar-refractivity contribution in [2.24, 2.45) is 5.92 Å². The average Bonchev–Trinajstić information content (AvgIpc) is 3.18. The molecule has 118 valence electrons. The Kier molecular flexibility index (Phi) is 4.82. The summed E-state index contributed by atoms with van der Waals surface area (Å²) in [6, 6.07) is 3.80. The molecule has 1 saturated carbocycles. The maximum absolute atomic E-state index is 12.0. The minimum Gasteiger partial charge on any atom is -0.459 e. The standard InChI is InChI=1S/C15H19N3O3S/c1-10-5-2-3-6-11(10)16-13(19)9-22-15-18-17-14(21-15)12-7-4-8-20-12/h4,7-8,10-11H,2-3,5-6,9H2,1H3,(H,16,19)/t10-,11+/m0/s1. The summed E-state index contributed by atoms with van der Waals surface area (Å²) in [5.41, 5.74) is 0. The number of hydrogen-bond donors (Lipinski definition) is 1. The fourth-order valence-electron chi connectivity index (χ4n) is 2.67. The van der Waals surface area contributed by atoms with E-state index in [9.17, 15) is 4.79 Å². The molecule has 3 rings (SSSR count). The Balaban J connectivity index is 1.49. The van der Waals surface area contributed by atoms with Crippen molar-refractivity contribution in [2.75, 3.05) is 5.75 Å². The van der Waals surface area contributed by atoms with E-state index in [0.717, 1.165) is 6.42 Å². The van der Waals surface area contributed by atoms with E-state index in [2.05, 4.69) is 22.4 Å². The highest BCUT2D eigenvalue weighted by atomic mass is 32.2. The number of aromatic nitrogens is 2. The molecular weight excluding hydrogens is 302 g/mol. The molecule has 1 aliphatic rings. The van der Waals surface area contributed by atoms with Crippen molar-refractivity contribution in [3.05, 3.63) is 18.4 Å². The van der Waals surface area contributed by atoms with Crippen LogP contribution in [0.4, 0.5) is 0 Å². The second-order valence-corrected chi connectivity index (χ2v) is 6.50. The molecule has 2 heterocycles. The third-order valence-corrected chi connectivity index (χ3v) is 4.74. The van der Waals surface area contributed by atoms with Crippen molar-refractivity contribution in [1.82, 2.24) is 15.5 Å². The zero-order valence-corrected chi connectivity index (χ0v) is 13.3. The van der Waals surface area contributed by atoms with Crippen molar-refractivity contribution in [3.63, 3.8) is 0 Å². The molecule has 1 amide bonds. The molecule has 1 fully saturated rings. The summed E-state index contributed by atoms with van der Waals surface area (Å²) in [6.45, 7) is 2.20. The lowest BCUT2D eigenvalue weighted by Gasteiger charge is -2.29. The van der Waals surface area contributed by atoms with Gasteiger partial charge in [-0.15, -0.1) is 10.2 Å². The monoisotopic (exact) mass is 321 g/mol. The van der Waals surface area contributed by atoms with Crippen LogP contribution in [0.15, 0.2) is 32.5 Å². The van der Waals surface area contributed by atoms with Crippen molar-refractivity contribution in [2.45, 2.75) is 43.9 Å². The van der Waals surface area contributed by atoms with Crippen LogP contribution in [0.1, 0.15) is 32.6 Å².